The Labute approximate surface area is 134 Å². The summed E-state index contributed by atoms with van der Waals surface area (Å²) in [7, 11) is 5.58. The summed E-state index contributed by atoms with van der Waals surface area (Å²) in [5.41, 5.74) is 9.33. The van der Waals surface area contributed by atoms with E-state index in [9.17, 15) is 0 Å². The van der Waals surface area contributed by atoms with E-state index in [1.807, 2.05) is 49.3 Å². The molecule has 1 heterocycles. The quantitative estimate of drug-likeness (QED) is 0.742. The summed E-state index contributed by atoms with van der Waals surface area (Å²) in [4.78, 5) is 2.04. The van der Waals surface area contributed by atoms with E-state index in [0.29, 0.717) is 17.3 Å². The lowest BCUT2D eigenvalue weighted by Crippen LogP contribution is -2.08. The molecule has 0 radical (unpaired) electrons. The van der Waals surface area contributed by atoms with Crippen LogP contribution in [0.1, 0.15) is 0 Å². The van der Waals surface area contributed by atoms with E-state index in [-0.39, 0.29) is 0 Å². The molecule has 2 aromatic carbocycles. The first kappa shape index (κ1) is 14.8. The molecule has 0 saturated carbocycles. The zero-order valence-corrected chi connectivity index (χ0v) is 13.3. The average molecular weight is 310 g/mol. The van der Waals surface area contributed by atoms with Gasteiger partial charge in [0.2, 0.25) is 0 Å². The summed E-state index contributed by atoms with van der Waals surface area (Å²) in [6.45, 7) is 0. The van der Waals surface area contributed by atoms with E-state index >= 15 is 0 Å². The largest absolute Gasteiger partial charge is 0.495 e. The number of nitrogen functional groups attached to an aromatic ring is 1. The zero-order valence-electron chi connectivity index (χ0n) is 13.3. The van der Waals surface area contributed by atoms with Gasteiger partial charge in [0, 0.05) is 25.3 Å². The van der Waals surface area contributed by atoms with E-state index < -0.39 is 0 Å². The molecule has 0 unspecified atom stereocenters. The van der Waals surface area contributed by atoms with Crippen molar-refractivity contribution >= 4 is 11.4 Å². The molecule has 0 aliphatic heterocycles. The standard InChI is InChI=1S/C16H18N6O/c1-21(2)12-5-7-13(8-6-12)22-16(18-19-20-22)11-4-9-15(23-3)14(17)10-11/h4-10H,17H2,1-3H3. The van der Waals surface area contributed by atoms with Crippen LogP contribution in [0.2, 0.25) is 0 Å². The molecule has 0 saturated heterocycles. The van der Waals surface area contributed by atoms with E-state index in [1.54, 1.807) is 23.9 Å². The lowest BCUT2D eigenvalue weighted by molar-refractivity contribution is 0.417. The van der Waals surface area contributed by atoms with Crippen molar-refractivity contribution in [2.24, 2.45) is 0 Å². The molecule has 0 aliphatic rings. The molecule has 3 rings (SSSR count). The third kappa shape index (κ3) is 2.80. The molecule has 0 amide bonds. The van der Waals surface area contributed by atoms with E-state index in [1.165, 1.54) is 0 Å². The lowest BCUT2D eigenvalue weighted by Gasteiger charge is -2.13. The number of benzene rings is 2. The maximum Gasteiger partial charge on any atom is 0.187 e. The van der Waals surface area contributed by atoms with Gasteiger partial charge < -0.3 is 15.4 Å². The van der Waals surface area contributed by atoms with Gasteiger partial charge in [0.05, 0.1) is 18.5 Å². The predicted molar refractivity (Wildman–Crippen MR) is 89.9 cm³/mol. The van der Waals surface area contributed by atoms with Gasteiger partial charge in [-0.2, -0.15) is 4.68 Å². The van der Waals surface area contributed by atoms with Crippen LogP contribution in [0.25, 0.3) is 17.1 Å². The average Bonchev–Trinajstić information content (AvgIpc) is 3.04. The Morgan fingerprint density at radius 2 is 1.83 bits per heavy atom. The van der Waals surface area contributed by atoms with Crippen LogP contribution in [-0.4, -0.2) is 41.4 Å². The highest BCUT2D eigenvalue weighted by Gasteiger charge is 2.12. The maximum atomic E-state index is 5.97. The maximum absolute atomic E-state index is 5.97. The monoisotopic (exact) mass is 310 g/mol. The van der Waals surface area contributed by atoms with Crippen LogP contribution in [0.5, 0.6) is 5.75 Å². The molecule has 23 heavy (non-hydrogen) atoms. The number of anilines is 2. The van der Waals surface area contributed by atoms with E-state index in [0.717, 1.165) is 16.9 Å². The first-order valence-corrected chi connectivity index (χ1v) is 7.10. The Hall–Kier alpha value is -3.09. The highest BCUT2D eigenvalue weighted by Crippen LogP contribution is 2.28. The Morgan fingerprint density at radius 1 is 1.09 bits per heavy atom. The summed E-state index contributed by atoms with van der Waals surface area (Å²) in [6, 6.07) is 13.5. The van der Waals surface area contributed by atoms with Crippen molar-refractivity contribution in [1.29, 1.82) is 0 Å². The molecule has 0 bridgehead atoms. The van der Waals surface area contributed by atoms with E-state index in [4.69, 9.17) is 10.5 Å². The Morgan fingerprint density at radius 3 is 2.43 bits per heavy atom. The molecule has 3 aromatic rings. The number of nitrogens with two attached hydrogens (primary N) is 1. The number of nitrogens with zero attached hydrogens (tertiary/aromatic N) is 5. The Balaban J connectivity index is 2.01. The fourth-order valence-corrected chi connectivity index (χ4v) is 2.31. The summed E-state index contributed by atoms with van der Waals surface area (Å²) in [5, 5.41) is 12.0. The topological polar surface area (TPSA) is 82.1 Å². The fourth-order valence-electron chi connectivity index (χ4n) is 2.31. The molecule has 0 fully saturated rings. The van der Waals surface area contributed by atoms with Crippen molar-refractivity contribution in [2.75, 3.05) is 31.8 Å². The van der Waals surface area contributed by atoms with Gasteiger partial charge in [0.15, 0.2) is 5.82 Å². The minimum Gasteiger partial charge on any atom is -0.495 e. The van der Waals surface area contributed by atoms with Crippen LogP contribution >= 0.6 is 0 Å². The van der Waals surface area contributed by atoms with Crippen LogP contribution in [0, 0.1) is 0 Å². The third-order valence-corrected chi connectivity index (χ3v) is 3.57. The highest BCUT2D eigenvalue weighted by molar-refractivity contribution is 5.67. The Bertz CT molecular complexity index is 810. The van der Waals surface area contributed by atoms with Crippen LogP contribution in [0.4, 0.5) is 11.4 Å². The van der Waals surface area contributed by atoms with Gasteiger partial charge in [-0.25, -0.2) is 0 Å². The number of hydrogen-bond donors (Lipinski definition) is 1. The molecule has 1 aromatic heterocycles. The van der Waals surface area contributed by atoms with Crippen molar-refractivity contribution in [3.8, 4) is 22.8 Å². The second-order valence-corrected chi connectivity index (χ2v) is 5.28. The lowest BCUT2D eigenvalue weighted by atomic mass is 10.1. The van der Waals surface area contributed by atoms with Crippen molar-refractivity contribution in [3.63, 3.8) is 0 Å². The van der Waals surface area contributed by atoms with Crippen molar-refractivity contribution < 1.29 is 4.74 Å². The van der Waals surface area contributed by atoms with Crippen LogP contribution in [0.15, 0.2) is 42.5 Å². The number of rotatable bonds is 4. The highest BCUT2D eigenvalue weighted by atomic mass is 16.5. The van der Waals surface area contributed by atoms with Gasteiger partial charge in [-0.3, -0.25) is 0 Å². The number of ether oxygens (including phenoxy) is 1. The number of methoxy groups -OCH3 is 1. The number of tetrazole rings is 1. The third-order valence-electron chi connectivity index (χ3n) is 3.57. The number of aromatic nitrogens is 4. The van der Waals surface area contributed by atoms with Gasteiger partial charge in [0.25, 0.3) is 0 Å². The van der Waals surface area contributed by atoms with Crippen molar-refractivity contribution in [2.45, 2.75) is 0 Å². The van der Waals surface area contributed by atoms with Crippen LogP contribution < -0.4 is 15.4 Å². The number of hydrogen-bond acceptors (Lipinski definition) is 6. The summed E-state index contributed by atoms with van der Waals surface area (Å²) >= 11 is 0. The van der Waals surface area contributed by atoms with Crippen molar-refractivity contribution in [3.05, 3.63) is 42.5 Å². The molecule has 7 nitrogen and oxygen atoms in total. The minimum absolute atomic E-state index is 0.544. The minimum atomic E-state index is 0.544. The predicted octanol–water partition coefficient (Wildman–Crippen LogP) is 1.99. The summed E-state index contributed by atoms with van der Waals surface area (Å²) in [5.74, 6) is 1.25. The van der Waals surface area contributed by atoms with Gasteiger partial charge in [0.1, 0.15) is 5.75 Å². The van der Waals surface area contributed by atoms with Crippen molar-refractivity contribution in [1.82, 2.24) is 20.2 Å². The molecule has 118 valence electrons. The molecular formula is C16H18N6O. The van der Waals surface area contributed by atoms with Gasteiger partial charge in [-0.05, 0) is 52.9 Å². The molecule has 0 atom stereocenters. The van der Waals surface area contributed by atoms with Crippen LogP contribution in [-0.2, 0) is 0 Å². The van der Waals surface area contributed by atoms with E-state index in [2.05, 4.69) is 15.5 Å². The first-order chi connectivity index (χ1) is 11.1. The van der Waals surface area contributed by atoms with Gasteiger partial charge in [-0.15, -0.1) is 5.10 Å². The summed E-state index contributed by atoms with van der Waals surface area (Å²) < 4.78 is 6.86. The zero-order chi connectivity index (χ0) is 16.4. The Kier molecular flexibility index (Phi) is 3.84. The fraction of sp³-hybridized carbons (Fsp3) is 0.188. The molecule has 0 spiro atoms. The second kappa shape index (κ2) is 5.96. The smallest absolute Gasteiger partial charge is 0.187 e. The molecule has 7 heteroatoms. The molecule has 2 N–H and O–H groups in total. The van der Waals surface area contributed by atoms with Gasteiger partial charge >= 0.3 is 0 Å². The normalized spacial score (nSPS) is 10.6. The summed E-state index contributed by atoms with van der Waals surface area (Å²) in [6.07, 6.45) is 0. The molecular weight excluding hydrogens is 292 g/mol. The second-order valence-electron chi connectivity index (χ2n) is 5.28. The SMILES string of the molecule is COc1ccc(-c2nnnn2-c2ccc(N(C)C)cc2)cc1N. The van der Waals surface area contributed by atoms with Gasteiger partial charge in [-0.1, -0.05) is 0 Å². The molecule has 0 aliphatic carbocycles. The first-order valence-electron chi connectivity index (χ1n) is 7.10. The van der Waals surface area contributed by atoms with Crippen LogP contribution in [0.3, 0.4) is 0 Å².